The fraction of sp³-hybridized carbons (Fsp3) is 0.875. The number of carbonyl (C=O) groups excluding carboxylic acids is 1. The fourth-order valence-electron chi connectivity index (χ4n) is 0.987. The largest absolute Gasteiger partial charge is 0.459 e. The first kappa shape index (κ1) is 16.0. The van der Waals surface area contributed by atoms with E-state index in [0.29, 0.717) is 6.92 Å². The molecule has 0 fully saturated rings. The number of hydrogen-bond donors (Lipinski definition) is 1. The molecule has 17 heavy (non-hydrogen) atoms. The number of ether oxygens (including phenoxy) is 1. The van der Waals surface area contributed by atoms with Crippen molar-refractivity contribution >= 4 is 5.97 Å². The maximum Gasteiger partial charge on any atom is 0.430 e. The highest BCUT2D eigenvalue weighted by atomic mass is 19.4. The molecule has 0 aliphatic heterocycles. The quantitative estimate of drug-likeness (QED) is 0.630. The summed E-state index contributed by atoms with van der Waals surface area (Å²) in [4.78, 5) is 10.7. The molecule has 0 heterocycles. The van der Waals surface area contributed by atoms with Crippen LogP contribution in [0.1, 0.15) is 20.3 Å². The zero-order valence-electron chi connectivity index (χ0n) is 8.82. The van der Waals surface area contributed by atoms with E-state index in [4.69, 9.17) is 5.11 Å². The predicted molar refractivity (Wildman–Crippen MR) is 42.9 cm³/mol. The van der Waals surface area contributed by atoms with Crippen molar-refractivity contribution in [3.05, 3.63) is 0 Å². The fourth-order valence-corrected chi connectivity index (χ4v) is 0.987. The molecule has 0 aromatic heterocycles. The Morgan fingerprint density at radius 1 is 1.18 bits per heavy atom. The first-order valence-corrected chi connectivity index (χ1v) is 4.43. The van der Waals surface area contributed by atoms with Crippen LogP contribution in [0.25, 0.3) is 0 Å². The van der Waals surface area contributed by atoms with Gasteiger partial charge in [0.1, 0.15) is 6.10 Å². The lowest BCUT2D eigenvalue weighted by Gasteiger charge is -2.36. The normalized spacial score (nSPS) is 15.6. The summed E-state index contributed by atoms with van der Waals surface area (Å²) >= 11 is 0. The maximum atomic E-state index is 12.2. The lowest BCUT2D eigenvalue weighted by molar-refractivity contribution is -0.389. The van der Waals surface area contributed by atoms with Crippen LogP contribution in [0.4, 0.5) is 26.3 Å². The average Bonchev–Trinajstić information content (AvgIpc) is 2.12. The van der Waals surface area contributed by atoms with Crippen molar-refractivity contribution in [2.45, 2.75) is 44.3 Å². The van der Waals surface area contributed by atoms with Crippen LogP contribution in [0.15, 0.2) is 0 Å². The zero-order valence-corrected chi connectivity index (χ0v) is 8.82. The second-order valence-electron chi connectivity index (χ2n) is 3.25. The standard InChI is InChI=1S/C8H10F6O3/c1-3-5(15)17-4(2)6(16,7(9,10)11)8(12,13)14/h4,16H,3H2,1-2H3. The molecule has 0 saturated carbocycles. The molecule has 1 unspecified atom stereocenters. The molecule has 9 heteroatoms. The monoisotopic (exact) mass is 268 g/mol. The lowest BCUT2D eigenvalue weighted by Crippen LogP contribution is -2.64. The van der Waals surface area contributed by atoms with Crippen molar-refractivity contribution in [1.29, 1.82) is 0 Å². The molecule has 102 valence electrons. The van der Waals surface area contributed by atoms with E-state index in [1.54, 1.807) is 0 Å². The van der Waals surface area contributed by atoms with E-state index >= 15 is 0 Å². The molecule has 0 aromatic carbocycles. The minimum absolute atomic E-state index is 0.328. The van der Waals surface area contributed by atoms with Crippen LogP contribution in [0.2, 0.25) is 0 Å². The van der Waals surface area contributed by atoms with Gasteiger partial charge in [-0.25, -0.2) is 0 Å². The van der Waals surface area contributed by atoms with Crippen LogP contribution < -0.4 is 0 Å². The average molecular weight is 268 g/mol. The van der Waals surface area contributed by atoms with Gasteiger partial charge in [0.15, 0.2) is 0 Å². The molecule has 0 aliphatic carbocycles. The molecule has 0 spiro atoms. The van der Waals surface area contributed by atoms with Crippen LogP contribution in [0.3, 0.4) is 0 Å². The first-order chi connectivity index (χ1) is 7.38. The van der Waals surface area contributed by atoms with E-state index in [0.717, 1.165) is 0 Å². The van der Waals surface area contributed by atoms with Crippen LogP contribution in [0.5, 0.6) is 0 Å². The third-order valence-corrected chi connectivity index (χ3v) is 2.05. The van der Waals surface area contributed by atoms with Gasteiger partial charge >= 0.3 is 18.3 Å². The van der Waals surface area contributed by atoms with Gasteiger partial charge in [-0.15, -0.1) is 0 Å². The van der Waals surface area contributed by atoms with Crippen molar-refractivity contribution in [3.8, 4) is 0 Å². The summed E-state index contributed by atoms with van der Waals surface area (Å²) in [5, 5.41) is 8.77. The first-order valence-electron chi connectivity index (χ1n) is 4.43. The molecule has 3 nitrogen and oxygen atoms in total. The van der Waals surface area contributed by atoms with E-state index in [2.05, 4.69) is 4.74 Å². The Morgan fingerprint density at radius 3 is 1.76 bits per heavy atom. The highest BCUT2D eigenvalue weighted by Crippen LogP contribution is 2.46. The molecule has 0 aliphatic rings. The van der Waals surface area contributed by atoms with Gasteiger partial charge in [-0.3, -0.25) is 4.79 Å². The predicted octanol–water partition coefficient (Wildman–Crippen LogP) is 2.18. The smallest absolute Gasteiger partial charge is 0.430 e. The number of alkyl halides is 6. The highest BCUT2D eigenvalue weighted by molar-refractivity contribution is 5.69. The second-order valence-corrected chi connectivity index (χ2v) is 3.25. The highest BCUT2D eigenvalue weighted by Gasteiger charge is 2.74. The lowest BCUT2D eigenvalue weighted by atomic mass is 9.96. The molecule has 1 atom stereocenters. The molecule has 0 amide bonds. The van der Waals surface area contributed by atoms with Crippen LogP contribution in [-0.4, -0.2) is 35.1 Å². The van der Waals surface area contributed by atoms with Crippen LogP contribution >= 0.6 is 0 Å². The maximum absolute atomic E-state index is 12.2. The summed E-state index contributed by atoms with van der Waals surface area (Å²) in [5.41, 5.74) is -5.08. The number of aliphatic hydroxyl groups is 1. The number of rotatable bonds is 3. The van der Waals surface area contributed by atoms with Gasteiger partial charge in [0, 0.05) is 6.42 Å². The third-order valence-electron chi connectivity index (χ3n) is 2.05. The molecule has 0 bridgehead atoms. The van der Waals surface area contributed by atoms with Gasteiger partial charge in [-0.2, -0.15) is 26.3 Å². The SMILES string of the molecule is CCC(=O)OC(C)C(O)(C(F)(F)F)C(F)(F)F. The minimum atomic E-state index is -6.00. The zero-order chi connectivity index (χ0) is 14.1. The Balaban J connectivity index is 5.29. The Kier molecular flexibility index (Phi) is 4.44. The summed E-state index contributed by atoms with van der Waals surface area (Å²) in [5.74, 6) is -1.27. The summed E-state index contributed by atoms with van der Waals surface area (Å²) in [7, 11) is 0. The third kappa shape index (κ3) is 3.02. The van der Waals surface area contributed by atoms with Gasteiger partial charge < -0.3 is 9.84 Å². The Bertz CT molecular complexity index is 268. The molecule has 1 N–H and O–H groups in total. The van der Waals surface area contributed by atoms with E-state index in [1.165, 1.54) is 6.92 Å². The minimum Gasteiger partial charge on any atom is -0.459 e. The van der Waals surface area contributed by atoms with Crippen molar-refractivity contribution in [3.63, 3.8) is 0 Å². The van der Waals surface area contributed by atoms with Gasteiger partial charge in [0.2, 0.25) is 0 Å². The number of esters is 1. The van der Waals surface area contributed by atoms with Crippen molar-refractivity contribution in [1.82, 2.24) is 0 Å². The van der Waals surface area contributed by atoms with Crippen LogP contribution in [-0.2, 0) is 9.53 Å². The van der Waals surface area contributed by atoms with Crippen LogP contribution in [0, 0.1) is 0 Å². The van der Waals surface area contributed by atoms with E-state index in [-0.39, 0.29) is 0 Å². The van der Waals surface area contributed by atoms with Gasteiger partial charge in [0.05, 0.1) is 0 Å². The van der Waals surface area contributed by atoms with Gasteiger partial charge in [-0.05, 0) is 6.92 Å². The molecule has 0 saturated heterocycles. The summed E-state index contributed by atoms with van der Waals surface area (Å²) in [6, 6.07) is 0. The number of halogens is 6. The topological polar surface area (TPSA) is 46.5 Å². The molecular formula is C8H10F6O3. The van der Waals surface area contributed by atoms with E-state index in [9.17, 15) is 31.1 Å². The van der Waals surface area contributed by atoms with Crippen molar-refractivity contribution in [2.24, 2.45) is 0 Å². The molecular weight excluding hydrogens is 258 g/mol. The van der Waals surface area contributed by atoms with Crippen molar-refractivity contribution in [2.75, 3.05) is 0 Å². The molecule has 0 rings (SSSR count). The van der Waals surface area contributed by atoms with Gasteiger partial charge in [-0.1, -0.05) is 6.92 Å². The summed E-state index contributed by atoms with van der Waals surface area (Å²) < 4.78 is 77.4. The van der Waals surface area contributed by atoms with E-state index in [1.807, 2.05) is 0 Å². The second kappa shape index (κ2) is 4.71. The Hall–Kier alpha value is -0.990. The molecule has 0 aromatic rings. The number of hydrogen-bond acceptors (Lipinski definition) is 3. The Labute approximate surface area is 92.4 Å². The van der Waals surface area contributed by atoms with Gasteiger partial charge in [0.25, 0.3) is 5.60 Å². The van der Waals surface area contributed by atoms with Crippen molar-refractivity contribution < 1.29 is 41.0 Å². The number of carbonyl (C=O) groups is 1. The summed E-state index contributed by atoms with van der Waals surface area (Å²) in [6.07, 6.45) is -15.2. The Morgan fingerprint density at radius 2 is 1.53 bits per heavy atom. The summed E-state index contributed by atoms with van der Waals surface area (Å²) in [6.45, 7) is 1.52. The molecule has 0 radical (unpaired) electrons. The van der Waals surface area contributed by atoms with E-state index < -0.39 is 36.4 Å².